The molecule has 1 aromatic heterocycles. The van der Waals surface area contributed by atoms with E-state index in [4.69, 9.17) is 0 Å². The topological polar surface area (TPSA) is 30.0 Å². The second kappa shape index (κ2) is 6.10. The van der Waals surface area contributed by atoms with Gasteiger partial charge in [-0.05, 0) is 42.2 Å². The minimum absolute atomic E-state index is 0.0151. The third-order valence-electron chi connectivity index (χ3n) is 3.28. The molecule has 0 aliphatic heterocycles. The Balaban J connectivity index is 1.92. The van der Waals surface area contributed by atoms with Crippen LogP contribution in [0.5, 0.6) is 0 Å². The first-order chi connectivity index (χ1) is 10.3. The van der Waals surface area contributed by atoms with Crippen LogP contribution in [0.3, 0.4) is 0 Å². The molecule has 3 heteroatoms. The summed E-state index contributed by atoms with van der Waals surface area (Å²) in [7, 11) is 0. The normalized spacial score (nSPS) is 10.7. The average Bonchev–Trinajstić information content (AvgIpc) is 2.55. The molecule has 2 nitrogen and oxygen atoms in total. The zero-order valence-electron chi connectivity index (χ0n) is 11.7. The fourth-order valence-corrected chi connectivity index (χ4v) is 2.89. The molecule has 0 atom stereocenters. The molecule has 0 spiro atoms. The Morgan fingerprint density at radius 3 is 2.57 bits per heavy atom. The highest BCUT2D eigenvalue weighted by Crippen LogP contribution is 2.20. The Labute approximate surface area is 128 Å². The fourth-order valence-electron chi connectivity index (χ4n) is 2.23. The molecule has 0 radical (unpaired) electrons. The number of benzene rings is 2. The van der Waals surface area contributed by atoms with E-state index in [-0.39, 0.29) is 5.78 Å². The van der Waals surface area contributed by atoms with E-state index in [0.717, 1.165) is 16.7 Å². The summed E-state index contributed by atoms with van der Waals surface area (Å²) in [6.45, 7) is 2.12. The summed E-state index contributed by atoms with van der Waals surface area (Å²) < 4.78 is 0. The number of hydrogen-bond donors (Lipinski definition) is 0. The molecule has 104 valence electrons. The summed E-state index contributed by atoms with van der Waals surface area (Å²) in [5.74, 6) is 1.04. The SMILES string of the molecule is CCSc1ccc(C(=O)c2cnc3ccccc3c2)cc1. The van der Waals surface area contributed by atoms with Gasteiger partial charge in [-0.1, -0.05) is 25.1 Å². The zero-order chi connectivity index (χ0) is 14.7. The third kappa shape index (κ3) is 2.98. The van der Waals surface area contributed by atoms with Gasteiger partial charge < -0.3 is 0 Å². The van der Waals surface area contributed by atoms with Gasteiger partial charge in [-0.2, -0.15) is 0 Å². The van der Waals surface area contributed by atoms with Gasteiger partial charge in [0.2, 0.25) is 0 Å². The van der Waals surface area contributed by atoms with Crippen LogP contribution in [0.4, 0.5) is 0 Å². The van der Waals surface area contributed by atoms with E-state index in [1.165, 1.54) is 4.90 Å². The van der Waals surface area contributed by atoms with Crippen LogP contribution < -0.4 is 0 Å². The molecule has 0 N–H and O–H groups in total. The molecule has 0 aliphatic carbocycles. The number of rotatable bonds is 4. The van der Waals surface area contributed by atoms with Crippen molar-refractivity contribution in [3.63, 3.8) is 0 Å². The molecule has 0 saturated carbocycles. The summed E-state index contributed by atoms with van der Waals surface area (Å²) in [6.07, 6.45) is 1.65. The molecule has 1 heterocycles. The number of aromatic nitrogens is 1. The van der Waals surface area contributed by atoms with Gasteiger partial charge in [0, 0.05) is 27.6 Å². The first-order valence-corrected chi connectivity index (χ1v) is 7.89. The van der Waals surface area contributed by atoms with Crippen LogP contribution in [0.2, 0.25) is 0 Å². The van der Waals surface area contributed by atoms with Crippen LogP contribution in [0.25, 0.3) is 10.9 Å². The van der Waals surface area contributed by atoms with Gasteiger partial charge in [-0.15, -0.1) is 11.8 Å². The lowest BCUT2D eigenvalue weighted by Crippen LogP contribution is -2.01. The first-order valence-electron chi connectivity index (χ1n) is 6.90. The Morgan fingerprint density at radius 2 is 1.81 bits per heavy atom. The number of para-hydroxylation sites is 1. The fraction of sp³-hybridized carbons (Fsp3) is 0.111. The lowest BCUT2D eigenvalue weighted by molar-refractivity contribution is 0.103. The number of nitrogens with zero attached hydrogens (tertiary/aromatic N) is 1. The van der Waals surface area contributed by atoms with Crippen molar-refractivity contribution < 1.29 is 4.79 Å². The number of ketones is 1. The number of thioether (sulfide) groups is 1. The molecular formula is C18H15NOS. The first kappa shape index (κ1) is 13.8. The van der Waals surface area contributed by atoms with E-state index < -0.39 is 0 Å². The van der Waals surface area contributed by atoms with Crippen LogP contribution in [0.1, 0.15) is 22.8 Å². The van der Waals surface area contributed by atoms with E-state index in [0.29, 0.717) is 11.1 Å². The molecule has 0 bridgehead atoms. The second-order valence-corrected chi connectivity index (χ2v) is 6.04. The Morgan fingerprint density at radius 1 is 1.05 bits per heavy atom. The maximum Gasteiger partial charge on any atom is 0.194 e. The predicted octanol–water partition coefficient (Wildman–Crippen LogP) is 4.58. The standard InChI is InChI=1S/C18H15NOS/c1-2-21-16-9-7-13(8-10-16)18(20)15-11-14-5-3-4-6-17(14)19-12-15/h3-12H,2H2,1H3. The van der Waals surface area contributed by atoms with E-state index in [2.05, 4.69) is 11.9 Å². The molecule has 0 fully saturated rings. The molecule has 0 amide bonds. The van der Waals surface area contributed by atoms with Crippen molar-refractivity contribution in [1.29, 1.82) is 0 Å². The van der Waals surface area contributed by atoms with Crippen molar-refractivity contribution in [3.05, 3.63) is 71.9 Å². The molecule has 3 aromatic rings. The van der Waals surface area contributed by atoms with Crippen molar-refractivity contribution in [1.82, 2.24) is 4.98 Å². The molecule has 3 rings (SSSR count). The second-order valence-electron chi connectivity index (χ2n) is 4.70. The summed E-state index contributed by atoms with van der Waals surface area (Å²) in [5.41, 5.74) is 2.24. The van der Waals surface area contributed by atoms with Gasteiger partial charge in [-0.3, -0.25) is 9.78 Å². The van der Waals surface area contributed by atoms with Crippen molar-refractivity contribution >= 4 is 28.4 Å². The third-order valence-corrected chi connectivity index (χ3v) is 4.17. The van der Waals surface area contributed by atoms with Gasteiger partial charge in [-0.25, -0.2) is 0 Å². The Kier molecular flexibility index (Phi) is 4.02. The maximum atomic E-state index is 12.5. The number of carbonyl (C=O) groups excluding carboxylic acids is 1. The molecule has 0 aliphatic rings. The van der Waals surface area contributed by atoms with E-state index in [1.807, 2.05) is 54.6 Å². The highest BCUT2D eigenvalue weighted by Gasteiger charge is 2.10. The van der Waals surface area contributed by atoms with E-state index in [1.54, 1.807) is 18.0 Å². The van der Waals surface area contributed by atoms with Crippen molar-refractivity contribution in [2.75, 3.05) is 5.75 Å². The van der Waals surface area contributed by atoms with Crippen LogP contribution in [0, 0.1) is 0 Å². The van der Waals surface area contributed by atoms with Gasteiger partial charge in [0.15, 0.2) is 5.78 Å². The number of pyridine rings is 1. The molecule has 21 heavy (non-hydrogen) atoms. The molecule has 2 aromatic carbocycles. The Hall–Kier alpha value is -2.13. The van der Waals surface area contributed by atoms with Crippen LogP contribution in [-0.2, 0) is 0 Å². The Bertz CT molecular complexity index is 781. The minimum atomic E-state index is 0.0151. The molecule has 0 saturated heterocycles. The number of hydrogen-bond acceptors (Lipinski definition) is 3. The number of fused-ring (bicyclic) bond motifs is 1. The highest BCUT2D eigenvalue weighted by atomic mass is 32.2. The minimum Gasteiger partial charge on any atom is -0.289 e. The van der Waals surface area contributed by atoms with E-state index >= 15 is 0 Å². The van der Waals surface area contributed by atoms with Gasteiger partial charge >= 0.3 is 0 Å². The predicted molar refractivity (Wildman–Crippen MR) is 88.0 cm³/mol. The summed E-state index contributed by atoms with van der Waals surface area (Å²) in [6, 6.07) is 17.5. The smallest absolute Gasteiger partial charge is 0.194 e. The van der Waals surface area contributed by atoms with Gasteiger partial charge in [0.25, 0.3) is 0 Å². The van der Waals surface area contributed by atoms with Crippen molar-refractivity contribution in [3.8, 4) is 0 Å². The highest BCUT2D eigenvalue weighted by molar-refractivity contribution is 7.99. The number of carbonyl (C=O) groups is 1. The lowest BCUT2D eigenvalue weighted by atomic mass is 10.0. The molecular weight excluding hydrogens is 278 g/mol. The van der Waals surface area contributed by atoms with E-state index in [9.17, 15) is 4.79 Å². The summed E-state index contributed by atoms with van der Waals surface area (Å²) >= 11 is 1.77. The van der Waals surface area contributed by atoms with Crippen LogP contribution in [-0.4, -0.2) is 16.5 Å². The van der Waals surface area contributed by atoms with Crippen LogP contribution in [0.15, 0.2) is 65.7 Å². The largest absolute Gasteiger partial charge is 0.289 e. The molecule has 0 unspecified atom stereocenters. The zero-order valence-corrected chi connectivity index (χ0v) is 12.6. The summed E-state index contributed by atoms with van der Waals surface area (Å²) in [5, 5.41) is 0.988. The monoisotopic (exact) mass is 293 g/mol. The average molecular weight is 293 g/mol. The quantitative estimate of drug-likeness (QED) is 0.521. The van der Waals surface area contributed by atoms with Crippen molar-refractivity contribution in [2.24, 2.45) is 0 Å². The maximum absolute atomic E-state index is 12.5. The van der Waals surface area contributed by atoms with Gasteiger partial charge in [0.1, 0.15) is 0 Å². The lowest BCUT2D eigenvalue weighted by Gasteiger charge is -2.04. The van der Waals surface area contributed by atoms with Crippen LogP contribution >= 0.6 is 11.8 Å². The van der Waals surface area contributed by atoms with Gasteiger partial charge in [0.05, 0.1) is 5.52 Å². The van der Waals surface area contributed by atoms with Crippen molar-refractivity contribution in [2.45, 2.75) is 11.8 Å². The summed E-state index contributed by atoms with van der Waals surface area (Å²) in [4.78, 5) is 18.0.